The van der Waals surface area contributed by atoms with E-state index in [2.05, 4.69) is 19.2 Å². The van der Waals surface area contributed by atoms with E-state index in [1.807, 2.05) is 6.92 Å². The molecule has 1 unspecified atom stereocenters. The minimum absolute atomic E-state index is 0.0623. The summed E-state index contributed by atoms with van der Waals surface area (Å²) >= 11 is 0. The number of nitrogen functional groups attached to an aromatic ring is 1. The van der Waals surface area contributed by atoms with Gasteiger partial charge in [0.2, 0.25) is 5.91 Å². The number of methoxy groups -OCH3 is 1. The summed E-state index contributed by atoms with van der Waals surface area (Å²) in [5, 5.41) is 2.80. The number of rotatable bonds is 8. The average molecular weight is 294 g/mol. The molecule has 1 amide bonds. The number of nitrogens with one attached hydrogen (secondary N) is 1. The van der Waals surface area contributed by atoms with E-state index in [-0.39, 0.29) is 12.0 Å². The van der Waals surface area contributed by atoms with Crippen LogP contribution in [0.3, 0.4) is 0 Å². The molecule has 1 aromatic rings. The first kappa shape index (κ1) is 17.3. The lowest BCUT2D eigenvalue weighted by Crippen LogP contribution is -2.18. The van der Waals surface area contributed by atoms with Crippen molar-refractivity contribution in [2.75, 3.05) is 24.8 Å². The summed E-state index contributed by atoms with van der Waals surface area (Å²) in [5.41, 5.74) is 6.96. The largest absolute Gasteiger partial charge is 0.497 e. The summed E-state index contributed by atoms with van der Waals surface area (Å²) in [6.45, 7) is 6.86. The van der Waals surface area contributed by atoms with Gasteiger partial charge in [-0.25, -0.2) is 0 Å². The number of anilines is 2. The normalized spacial score (nSPS) is 12.2. The van der Waals surface area contributed by atoms with Crippen LogP contribution in [-0.2, 0) is 9.53 Å². The molecule has 0 saturated carbocycles. The molecule has 0 fully saturated rings. The second-order valence-corrected chi connectivity index (χ2v) is 5.42. The van der Waals surface area contributed by atoms with E-state index in [0.29, 0.717) is 42.5 Å². The van der Waals surface area contributed by atoms with E-state index in [1.165, 1.54) is 0 Å². The van der Waals surface area contributed by atoms with Gasteiger partial charge in [-0.3, -0.25) is 4.79 Å². The van der Waals surface area contributed by atoms with Gasteiger partial charge < -0.3 is 20.5 Å². The molecule has 3 N–H and O–H groups in total. The third-order valence-electron chi connectivity index (χ3n) is 3.40. The van der Waals surface area contributed by atoms with E-state index in [4.69, 9.17) is 15.2 Å². The van der Waals surface area contributed by atoms with Crippen LogP contribution in [0.15, 0.2) is 18.2 Å². The summed E-state index contributed by atoms with van der Waals surface area (Å²) in [5.74, 6) is 1.09. The molecule has 0 aromatic heterocycles. The van der Waals surface area contributed by atoms with Crippen molar-refractivity contribution in [2.45, 2.75) is 39.7 Å². The fourth-order valence-electron chi connectivity index (χ4n) is 1.69. The zero-order valence-corrected chi connectivity index (χ0v) is 13.3. The highest BCUT2D eigenvalue weighted by molar-refractivity contribution is 5.93. The molecule has 0 heterocycles. The molecule has 0 aliphatic heterocycles. The van der Waals surface area contributed by atoms with Gasteiger partial charge in [0.25, 0.3) is 0 Å². The summed E-state index contributed by atoms with van der Waals surface area (Å²) in [4.78, 5) is 11.8. The SMILES string of the molecule is COc1ccc(NC(=O)CCCOC(C)C(C)C)c(N)c1. The van der Waals surface area contributed by atoms with Crippen LogP contribution in [0.25, 0.3) is 0 Å². The van der Waals surface area contributed by atoms with Gasteiger partial charge in [0.15, 0.2) is 0 Å². The van der Waals surface area contributed by atoms with E-state index in [0.717, 1.165) is 0 Å². The Kier molecular flexibility index (Phi) is 7.02. The van der Waals surface area contributed by atoms with Crippen molar-refractivity contribution in [3.8, 4) is 5.75 Å². The van der Waals surface area contributed by atoms with Crippen LogP contribution in [0.2, 0.25) is 0 Å². The van der Waals surface area contributed by atoms with E-state index >= 15 is 0 Å². The minimum atomic E-state index is -0.0623. The number of amides is 1. The third-order valence-corrected chi connectivity index (χ3v) is 3.40. The molecule has 0 aliphatic carbocycles. The molecule has 1 atom stereocenters. The van der Waals surface area contributed by atoms with E-state index in [9.17, 15) is 4.79 Å². The Bertz CT molecular complexity index is 461. The van der Waals surface area contributed by atoms with Crippen LogP contribution in [-0.4, -0.2) is 25.7 Å². The lowest BCUT2D eigenvalue weighted by molar-refractivity contribution is -0.116. The van der Waals surface area contributed by atoms with Crippen LogP contribution in [0.4, 0.5) is 11.4 Å². The van der Waals surface area contributed by atoms with Crippen LogP contribution in [0, 0.1) is 5.92 Å². The molecule has 0 saturated heterocycles. The summed E-state index contributed by atoms with van der Waals surface area (Å²) < 4.78 is 10.7. The van der Waals surface area contributed by atoms with Crippen LogP contribution in [0.1, 0.15) is 33.6 Å². The molecule has 5 heteroatoms. The van der Waals surface area contributed by atoms with Crippen molar-refractivity contribution < 1.29 is 14.3 Å². The zero-order chi connectivity index (χ0) is 15.8. The Labute approximate surface area is 126 Å². The number of hydrogen-bond acceptors (Lipinski definition) is 4. The highest BCUT2D eigenvalue weighted by Gasteiger charge is 2.09. The molecule has 21 heavy (non-hydrogen) atoms. The Morgan fingerprint density at radius 2 is 2.05 bits per heavy atom. The number of ether oxygens (including phenoxy) is 2. The predicted molar refractivity (Wildman–Crippen MR) is 85.5 cm³/mol. The first-order valence-electron chi connectivity index (χ1n) is 7.29. The third kappa shape index (κ3) is 6.04. The molecule has 0 radical (unpaired) electrons. The number of carbonyl (C=O) groups is 1. The number of hydrogen-bond donors (Lipinski definition) is 2. The van der Waals surface area contributed by atoms with E-state index < -0.39 is 0 Å². The van der Waals surface area contributed by atoms with Gasteiger partial charge in [0, 0.05) is 19.1 Å². The lowest BCUT2D eigenvalue weighted by Gasteiger charge is -2.16. The second kappa shape index (κ2) is 8.52. The molecule has 0 bridgehead atoms. The van der Waals surface area contributed by atoms with Crippen LogP contribution >= 0.6 is 0 Å². The Morgan fingerprint density at radius 1 is 1.33 bits per heavy atom. The Balaban J connectivity index is 2.34. The number of nitrogens with two attached hydrogens (primary N) is 1. The van der Waals surface area contributed by atoms with Gasteiger partial charge in [-0.2, -0.15) is 0 Å². The summed E-state index contributed by atoms with van der Waals surface area (Å²) in [7, 11) is 1.57. The molecule has 118 valence electrons. The van der Waals surface area contributed by atoms with Crippen molar-refractivity contribution in [2.24, 2.45) is 5.92 Å². The standard InChI is InChI=1S/C16H26N2O3/c1-11(2)12(3)21-9-5-6-16(19)18-15-8-7-13(20-4)10-14(15)17/h7-8,10-12H,5-6,9,17H2,1-4H3,(H,18,19). The fourth-order valence-corrected chi connectivity index (χ4v) is 1.69. The van der Waals surface area contributed by atoms with Crippen molar-refractivity contribution in [1.82, 2.24) is 0 Å². The topological polar surface area (TPSA) is 73.6 Å². The maximum absolute atomic E-state index is 11.8. The molecule has 5 nitrogen and oxygen atoms in total. The number of benzene rings is 1. The maximum Gasteiger partial charge on any atom is 0.224 e. The number of carbonyl (C=O) groups excluding carboxylic acids is 1. The van der Waals surface area contributed by atoms with Crippen LogP contribution in [0.5, 0.6) is 5.75 Å². The second-order valence-electron chi connectivity index (χ2n) is 5.42. The summed E-state index contributed by atoms with van der Waals surface area (Å²) in [6, 6.07) is 5.19. The monoisotopic (exact) mass is 294 g/mol. The molecule has 1 aromatic carbocycles. The van der Waals surface area contributed by atoms with Crippen molar-refractivity contribution in [1.29, 1.82) is 0 Å². The molecular weight excluding hydrogens is 268 g/mol. The molecule has 0 aliphatic rings. The molecule has 0 spiro atoms. The first-order valence-corrected chi connectivity index (χ1v) is 7.29. The van der Waals surface area contributed by atoms with Gasteiger partial charge >= 0.3 is 0 Å². The first-order chi connectivity index (χ1) is 9.93. The predicted octanol–water partition coefficient (Wildman–Crippen LogP) is 3.06. The Morgan fingerprint density at radius 3 is 2.62 bits per heavy atom. The van der Waals surface area contributed by atoms with Crippen molar-refractivity contribution in [3.05, 3.63) is 18.2 Å². The van der Waals surface area contributed by atoms with Gasteiger partial charge in [0.1, 0.15) is 5.75 Å². The fraction of sp³-hybridized carbons (Fsp3) is 0.562. The smallest absolute Gasteiger partial charge is 0.224 e. The molecular formula is C16H26N2O3. The molecule has 1 rings (SSSR count). The highest BCUT2D eigenvalue weighted by Crippen LogP contribution is 2.24. The van der Waals surface area contributed by atoms with Crippen molar-refractivity contribution in [3.63, 3.8) is 0 Å². The highest BCUT2D eigenvalue weighted by atomic mass is 16.5. The zero-order valence-electron chi connectivity index (χ0n) is 13.3. The van der Waals surface area contributed by atoms with E-state index in [1.54, 1.807) is 25.3 Å². The Hall–Kier alpha value is -1.75. The summed E-state index contributed by atoms with van der Waals surface area (Å²) in [6.07, 6.45) is 1.32. The quantitative estimate of drug-likeness (QED) is 0.571. The lowest BCUT2D eigenvalue weighted by atomic mass is 10.1. The van der Waals surface area contributed by atoms with Crippen LogP contribution < -0.4 is 15.8 Å². The van der Waals surface area contributed by atoms with Crippen molar-refractivity contribution >= 4 is 17.3 Å². The van der Waals surface area contributed by atoms with Gasteiger partial charge in [-0.1, -0.05) is 13.8 Å². The van der Waals surface area contributed by atoms with Gasteiger partial charge in [-0.05, 0) is 31.4 Å². The van der Waals surface area contributed by atoms with Gasteiger partial charge in [-0.15, -0.1) is 0 Å². The maximum atomic E-state index is 11.8. The minimum Gasteiger partial charge on any atom is -0.497 e. The van der Waals surface area contributed by atoms with Gasteiger partial charge in [0.05, 0.1) is 24.6 Å². The average Bonchev–Trinajstić information content (AvgIpc) is 2.45.